The first-order chi connectivity index (χ1) is 17.5. The Kier molecular flexibility index (Phi) is 5.78. The van der Waals surface area contributed by atoms with Gasteiger partial charge in [-0.2, -0.15) is 5.26 Å². The topological polar surface area (TPSA) is 103 Å². The molecular formula is C26H22F3N5O3. The van der Waals surface area contributed by atoms with Gasteiger partial charge in [0.2, 0.25) is 17.7 Å². The third kappa shape index (κ3) is 4.22. The van der Waals surface area contributed by atoms with E-state index in [-0.39, 0.29) is 42.1 Å². The first-order valence-corrected chi connectivity index (χ1v) is 11.6. The van der Waals surface area contributed by atoms with Crippen LogP contribution in [0.1, 0.15) is 54.2 Å². The van der Waals surface area contributed by atoms with Crippen molar-refractivity contribution in [1.29, 1.82) is 5.26 Å². The molecule has 0 atom stereocenters. The summed E-state index contributed by atoms with van der Waals surface area (Å²) < 4.78 is 47.7. The number of nitriles is 1. The number of carbonyl (C=O) groups is 2. The summed E-state index contributed by atoms with van der Waals surface area (Å²) in [6.45, 7) is 2.05. The maximum atomic E-state index is 14.9. The summed E-state index contributed by atoms with van der Waals surface area (Å²) >= 11 is 0. The van der Waals surface area contributed by atoms with Crippen molar-refractivity contribution in [2.45, 2.75) is 50.6 Å². The van der Waals surface area contributed by atoms with Crippen LogP contribution < -0.4 is 4.90 Å². The summed E-state index contributed by atoms with van der Waals surface area (Å²) in [5.74, 6) is -4.26. The first kappa shape index (κ1) is 24.5. The third-order valence-electron chi connectivity index (χ3n) is 6.98. The van der Waals surface area contributed by atoms with Gasteiger partial charge in [0.05, 0.1) is 17.3 Å². The molecule has 0 bridgehead atoms. The van der Waals surface area contributed by atoms with E-state index in [1.54, 1.807) is 6.92 Å². The highest BCUT2D eigenvalue weighted by atomic mass is 19.3. The van der Waals surface area contributed by atoms with Crippen LogP contribution in [0.2, 0.25) is 0 Å². The van der Waals surface area contributed by atoms with Gasteiger partial charge in [0.25, 0.3) is 11.8 Å². The van der Waals surface area contributed by atoms with Crippen LogP contribution in [0.4, 0.5) is 18.9 Å². The number of anilines is 1. The van der Waals surface area contributed by atoms with Crippen LogP contribution in [0.15, 0.2) is 46.9 Å². The molecule has 5 rings (SSSR count). The minimum atomic E-state index is -3.01. The molecule has 8 nitrogen and oxygen atoms in total. The fraction of sp³-hybridized carbons (Fsp3) is 0.346. The van der Waals surface area contributed by atoms with Crippen molar-refractivity contribution in [1.82, 2.24) is 15.1 Å². The number of hydrogen-bond acceptors (Lipinski definition) is 6. The van der Waals surface area contributed by atoms with Gasteiger partial charge in [-0.3, -0.25) is 14.5 Å². The van der Waals surface area contributed by atoms with Crippen molar-refractivity contribution < 1.29 is 27.2 Å². The van der Waals surface area contributed by atoms with E-state index >= 15 is 0 Å². The molecule has 1 aliphatic heterocycles. The molecule has 2 fully saturated rings. The van der Waals surface area contributed by atoms with Gasteiger partial charge in [-0.05, 0) is 36.6 Å². The standard InChI is InChI=1S/C26H22F3N5O3/c1-15-31-32-23(37-15)18-10-26(11-18)24(36)33(21-8-5-17(12-30)9-20(21)27)14-22(35)34(26)13-16-3-6-19(7-4-16)25(2,28)29/h3-9,18H,10-11,13-14H2,1-2H3. The molecule has 2 aromatic carbocycles. The van der Waals surface area contributed by atoms with Crippen molar-refractivity contribution >= 4 is 17.5 Å². The second kappa shape index (κ2) is 8.73. The fourth-order valence-corrected chi connectivity index (χ4v) is 5.01. The number of piperazine rings is 1. The van der Waals surface area contributed by atoms with Gasteiger partial charge in [0, 0.05) is 31.9 Å². The number of benzene rings is 2. The average Bonchev–Trinajstić information content (AvgIpc) is 3.26. The fourth-order valence-electron chi connectivity index (χ4n) is 5.01. The largest absolute Gasteiger partial charge is 0.425 e. The maximum absolute atomic E-state index is 14.9. The zero-order valence-corrected chi connectivity index (χ0v) is 20.0. The molecule has 2 aliphatic rings. The van der Waals surface area contributed by atoms with Crippen molar-refractivity contribution in [3.05, 3.63) is 76.8 Å². The number of amides is 2. The van der Waals surface area contributed by atoms with E-state index < -0.39 is 35.6 Å². The summed E-state index contributed by atoms with van der Waals surface area (Å²) in [4.78, 5) is 29.9. The Bertz CT molecular complexity index is 1420. The molecule has 2 heterocycles. The SMILES string of the molecule is Cc1nnc(C2CC3(C2)C(=O)N(c2ccc(C#N)cc2F)CC(=O)N3Cc2ccc(C(C)(F)F)cc2)o1. The third-order valence-corrected chi connectivity index (χ3v) is 6.98. The molecule has 2 amide bonds. The quantitative estimate of drug-likeness (QED) is 0.511. The number of rotatable bonds is 5. The zero-order chi connectivity index (χ0) is 26.5. The molecule has 0 radical (unpaired) electrons. The van der Waals surface area contributed by atoms with Crippen LogP contribution in [-0.4, -0.2) is 39.0 Å². The van der Waals surface area contributed by atoms with Crippen LogP contribution in [0.5, 0.6) is 0 Å². The van der Waals surface area contributed by atoms with Gasteiger partial charge in [-0.15, -0.1) is 10.2 Å². The second-order valence-electron chi connectivity index (χ2n) is 9.53. The van der Waals surface area contributed by atoms with Gasteiger partial charge >= 0.3 is 0 Å². The summed E-state index contributed by atoms with van der Waals surface area (Å²) in [6.07, 6.45) is 0.359. The van der Waals surface area contributed by atoms with E-state index in [9.17, 15) is 22.8 Å². The lowest BCUT2D eigenvalue weighted by atomic mass is 9.65. The summed E-state index contributed by atoms with van der Waals surface area (Å²) in [6, 6.07) is 11.1. The number of aromatic nitrogens is 2. The van der Waals surface area contributed by atoms with E-state index in [0.29, 0.717) is 17.3 Å². The number of halogens is 3. The first-order valence-electron chi connectivity index (χ1n) is 11.6. The molecule has 37 heavy (non-hydrogen) atoms. The Morgan fingerprint density at radius 3 is 2.43 bits per heavy atom. The predicted molar refractivity (Wildman–Crippen MR) is 124 cm³/mol. The molecule has 1 spiro atoms. The van der Waals surface area contributed by atoms with Crippen LogP contribution in [0, 0.1) is 24.1 Å². The normalized spacial score (nSPS) is 21.8. The molecule has 0 unspecified atom stereocenters. The zero-order valence-electron chi connectivity index (χ0n) is 20.0. The van der Waals surface area contributed by atoms with Crippen LogP contribution >= 0.6 is 0 Å². The molecule has 1 saturated carbocycles. The van der Waals surface area contributed by atoms with Crippen LogP contribution in [0.3, 0.4) is 0 Å². The average molecular weight is 509 g/mol. The van der Waals surface area contributed by atoms with Crippen molar-refractivity contribution in [3.8, 4) is 6.07 Å². The minimum Gasteiger partial charge on any atom is -0.425 e. The lowest BCUT2D eigenvalue weighted by molar-refractivity contribution is -0.160. The highest BCUT2D eigenvalue weighted by Gasteiger charge is 2.61. The van der Waals surface area contributed by atoms with Crippen LogP contribution in [0.25, 0.3) is 0 Å². The van der Waals surface area contributed by atoms with Gasteiger partial charge in [0.1, 0.15) is 17.9 Å². The van der Waals surface area contributed by atoms with E-state index in [1.807, 2.05) is 6.07 Å². The molecule has 0 N–H and O–H groups in total. The maximum Gasteiger partial charge on any atom is 0.270 e. The van der Waals surface area contributed by atoms with Crippen molar-refractivity contribution in [2.24, 2.45) is 0 Å². The molecule has 190 valence electrons. The molecule has 11 heteroatoms. The Labute approximate surface area is 210 Å². The second-order valence-corrected chi connectivity index (χ2v) is 9.53. The molecule has 1 aliphatic carbocycles. The van der Waals surface area contributed by atoms with E-state index in [2.05, 4.69) is 10.2 Å². The minimum absolute atomic E-state index is 0.0133. The van der Waals surface area contributed by atoms with E-state index in [0.717, 1.165) is 17.9 Å². The lowest BCUT2D eigenvalue weighted by Crippen LogP contribution is -2.72. The molecule has 1 aromatic heterocycles. The van der Waals surface area contributed by atoms with Gasteiger partial charge in [-0.25, -0.2) is 13.2 Å². The Balaban J connectivity index is 1.48. The van der Waals surface area contributed by atoms with E-state index in [4.69, 9.17) is 9.68 Å². The monoisotopic (exact) mass is 509 g/mol. The summed E-state index contributed by atoms with van der Waals surface area (Å²) in [7, 11) is 0. The number of aryl methyl sites for hydroxylation is 1. The van der Waals surface area contributed by atoms with Gasteiger partial charge in [-0.1, -0.05) is 24.3 Å². The summed E-state index contributed by atoms with van der Waals surface area (Å²) in [5.41, 5.74) is -0.905. The Hall–Kier alpha value is -4.20. The molecule has 1 saturated heterocycles. The van der Waals surface area contributed by atoms with Gasteiger partial charge < -0.3 is 9.32 Å². The number of carbonyl (C=O) groups excluding carboxylic acids is 2. The van der Waals surface area contributed by atoms with E-state index in [1.165, 1.54) is 41.3 Å². The number of alkyl halides is 2. The van der Waals surface area contributed by atoms with Crippen LogP contribution in [-0.2, 0) is 22.1 Å². The van der Waals surface area contributed by atoms with Crippen molar-refractivity contribution in [3.63, 3.8) is 0 Å². The highest BCUT2D eigenvalue weighted by Crippen LogP contribution is 2.51. The van der Waals surface area contributed by atoms with Crippen molar-refractivity contribution in [2.75, 3.05) is 11.4 Å². The number of hydrogen-bond donors (Lipinski definition) is 0. The highest BCUT2D eigenvalue weighted by molar-refractivity contribution is 6.10. The smallest absolute Gasteiger partial charge is 0.270 e. The number of nitrogens with zero attached hydrogens (tertiary/aromatic N) is 5. The lowest BCUT2D eigenvalue weighted by Gasteiger charge is -2.56. The predicted octanol–water partition coefficient (Wildman–Crippen LogP) is 4.19. The Morgan fingerprint density at radius 2 is 1.86 bits per heavy atom. The molecular weight excluding hydrogens is 487 g/mol. The van der Waals surface area contributed by atoms with Gasteiger partial charge in [0.15, 0.2) is 0 Å². The Morgan fingerprint density at radius 1 is 1.16 bits per heavy atom. The summed E-state index contributed by atoms with van der Waals surface area (Å²) in [5, 5.41) is 16.9. The molecule has 3 aromatic rings.